The first-order valence-electron chi connectivity index (χ1n) is 4.93. The van der Waals surface area contributed by atoms with Crippen LogP contribution in [0.3, 0.4) is 0 Å². The van der Waals surface area contributed by atoms with Crippen molar-refractivity contribution in [3.63, 3.8) is 0 Å². The molecule has 0 heterocycles. The maximum Gasteiger partial charge on any atom is 0.333 e. The molecule has 0 aromatic heterocycles. The van der Waals surface area contributed by atoms with E-state index in [0.717, 1.165) is 5.56 Å². The molecule has 0 spiro atoms. The van der Waals surface area contributed by atoms with Crippen molar-refractivity contribution in [1.82, 2.24) is 0 Å². The molecule has 1 aromatic carbocycles. The topological polar surface area (TPSA) is 26.3 Å². The van der Waals surface area contributed by atoms with E-state index in [1.54, 1.807) is 6.92 Å². The summed E-state index contributed by atoms with van der Waals surface area (Å²) in [7, 11) is 0. The summed E-state index contributed by atoms with van der Waals surface area (Å²) in [6.45, 7) is 5.73. The molecule has 2 heteroatoms. The molecule has 15 heavy (non-hydrogen) atoms. The molecule has 0 bridgehead atoms. The monoisotopic (exact) mass is 203 g/mol. The van der Waals surface area contributed by atoms with Crippen molar-refractivity contribution in [1.29, 1.82) is 0 Å². The van der Waals surface area contributed by atoms with Gasteiger partial charge in [0.1, 0.15) is 0 Å². The van der Waals surface area contributed by atoms with Crippen molar-refractivity contribution in [3.05, 3.63) is 48.4 Å². The number of esters is 1. The highest BCUT2D eigenvalue weighted by Crippen LogP contribution is 2.07. The van der Waals surface area contributed by atoms with Crippen molar-refractivity contribution < 1.29 is 9.53 Å². The van der Waals surface area contributed by atoms with Crippen molar-refractivity contribution in [3.8, 4) is 0 Å². The van der Waals surface area contributed by atoms with Gasteiger partial charge in [0, 0.05) is 5.57 Å². The average Bonchev–Trinajstić information content (AvgIpc) is 2.27. The minimum absolute atomic E-state index is 0.275. The highest BCUT2D eigenvalue weighted by molar-refractivity contribution is 5.92. The van der Waals surface area contributed by atoms with E-state index in [1.807, 2.05) is 36.4 Å². The summed E-state index contributed by atoms with van der Waals surface area (Å²) in [4.78, 5) is 11.4. The van der Waals surface area contributed by atoms with E-state index < -0.39 is 0 Å². The lowest BCUT2D eigenvalue weighted by atomic mass is 10.1. The fraction of sp³-hybridized carbons (Fsp3) is 0.231. The van der Waals surface area contributed by atoms with Crippen molar-refractivity contribution in [2.75, 3.05) is 6.61 Å². The fourth-order valence-corrected chi connectivity index (χ4v) is 1.14. The van der Waals surface area contributed by atoms with Crippen LogP contribution >= 0.6 is 0 Å². The number of hydrogen-bond donors (Lipinski definition) is 0. The minimum atomic E-state index is -0.275. The summed E-state index contributed by atoms with van der Waals surface area (Å²) in [5, 5.41) is 0. The molecule has 1 aromatic rings. The Hall–Kier alpha value is -1.57. The second-order valence-electron chi connectivity index (χ2n) is 3.23. The second kappa shape index (κ2) is 6.02. The number of ether oxygens (including phenoxy) is 1. The van der Waals surface area contributed by atoms with Crippen LogP contribution in [-0.4, -0.2) is 12.6 Å². The molecule has 1 rings (SSSR count). The first-order chi connectivity index (χ1) is 7.24. The van der Waals surface area contributed by atoms with Crippen molar-refractivity contribution in [2.45, 2.75) is 13.3 Å². The summed E-state index contributed by atoms with van der Waals surface area (Å²) in [5.74, 6) is -0.275. The predicted octanol–water partition coefficient (Wildman–Crippen LogP) is 2.86. The number of hydrogen-bond acceptors (Lipinski definition) is 2. The Morgan fingerprint density at radius 1 is 1.40 bits per heavy atom. The Morgan fingerprint density at radius 2 is 2.07 bits per heavy atom. The first kappa shape index (κ1) is 11.5. The van der Waals surface area contributed by atoms with Crippen LogP contribution in [0.2, 0.25) is 0 Å². The third kappa shape index (κ3) is 3.98. The molecular weight excluding hydrogens is 188 g/mol. The van der Waals surface area contributed by atoms with Crippen LogP contribution in [0, 0.1) is 6.92 Å². The zero-order valence-corrected chi connectivity index (χ0v) is 8.90. The van der Waals surface area contributed by atoms with Gasteiger partial charge in [-0.05, 0) is 31.9 Å². The van der Waals surface area contributed by atoms with E-state index in [4.69, 9.17) is 4.74 Å². The molecule has 0 N–H and O–H groups in total. The molecule has 0 saturated heterocycles. The van der Waals surface area contributed by atoms with E-state index in [0.29, 0.717) is 18.6 Å². The van der Waals surface area contributed by atoms with Gasteiger partial charge in [-0.3, -0.25) is 0 Å². The van der Waals surface area contributed by atoms with Crippen molar-refractivity contribution in [2.24, 2.45) is 0 Å². The van der Waals surface area contributed by atoms with Gasteiger partial charge in [0.15, 0.2) is 0 Å². The van der Waals surface area contributed by atoms with E-state index in [1.165, 1.54) is 0 Å². The van der Waals surface area contributed by atoms with Crippen molar-refractivity contribution >= 4 is 12.0 Å². The zero-order chi connectivity index (χ0) is 11.1. The Labute approximate surface area is 90.6 Å². The Kier molecular flexibility index (Phi) is 4.61. The van der Waals surface area contributed by atoms with Crippen LogP contribution in [0.25, 0.3) is 6.08 Å². The van der Waals surface area contributed by atoms with Gasteiger partial charge in [-0.2, -0.15) is 0 Å². The smallest absolute Gasteiger partial charge is 0.333 e. The SMILES string of the molecule is [CH2]CCOC(=O)C(C)=Cc1ccccc1. The molecule has 0 saturated carbocycles. The largest absolute Gasteiger partial charge is 0.462 e. The van der Waals surface area contributed by atoms with E-state index in [9.17, 15) is 4.79 Å². The lowest BCUT2D eigenvalue weighted by Gasteiger charge is -2.02. The van der Waals surface area contributed by atoms with Gasteiger partial charge in [0.05, 0.1) is 6.61 Å². The summed E-state index contributed by atoms with van der Waals surface area (Å²) in [6.07, 6.45) is 2.41. The molecule has 0 amide bonds. The van der Waals surface area contributed by atoms with Crippen LogP contribution in [0.1, 0.15) is 18.9 Å². The molecule has 0 unspecified atom stereocenters. The lowest BCUT2D eigenvalue weighted by Crippen LogP contribution is -2.06. The average molecular weight is 203 g/mol. The van der Waals surface area contributed by atoms with Gasteiger partial charge in [-0.1, -0.05) is 30.3 Å². The third-order valence-corrected chi connectivity index (χ3v) is 1.88. The summed E-state index contributed by atoms with van der Waals surface area (Å²) >= 11 is 0. The molecule has 79 valence electrons. The number of carbonyl (C=O) groups is 1. The predicted molar refractivity (Wildman–Crippen MR) is 61.0 cm³/mol. The number of rotatable bonds is 4. The quantitative estimate of drug-likeness (QED) is 0.555. The van der Waals surface area contributed by atoms with E-state index in [2.05, 4.69) is 6.92 Å². The minimum Gasteiger partial charge on any atom is -0.462 e. The molecule has 1 radical (unpaired) electrons. The van der Waals surface area contributed by atoms with Gasteiger partial charge < -0.3 is 4.74 Å². The molecule has 2 nitrogen and oxygen atoms in total. The molecule has 0 fully saturated rings. The third-order valence-electron chi connectivity index (χ3n) is 1.88. The van der Waals surface area contributed by atoms with Crippen LogP contribution in [0.15, 0.2) is 35.9 Å². The number of carbonyl (C=O) groups excluding carboxylic acids is 1. The maximum absolute atomic E-state index is 11.4. The molecule has 0 aliphatic rings. The van der Waals surface area contributed by atoms with Gasteiger partial charge in [0.25, 0.3) is 0 Å². The lowest BCUT2D eigenvalue weighted by molar-refractivity contribution is -0.138. The Bertz CT molecular complexity index is 339. The van der Waals surface area contributed by atoms with Crippen LogP contribution in [0.4, 0.5) is 0 Å². The van der Waals surface area contributed by atoms with Crippen LogP contribution < -0.4 is 0 Å². The van der Waals surface area contributed by atoms with E-state index >= 15 is 0 Å². The Balaban J connectivity index is 2.63. The maximum atomic E-state index is 11.4. The molecular formula is C13H15O2. The van der Waals surface area contributed by atoms with Crippen LogP contribution in [-0.2, 0) is 9.53 Å². The van der Waals surface area contributed by atoms with Crippen LogP contribution in [0.5, 0.6) is 0 Å². The summed E-state index contributed by atoms with van der Waals surface area (Å²) < 4.78 is 4.96. The normalized spacial score (nSPS) is 11.2. The highest BCUT2D eigenvalue weighted by Gasteiger charge is 2.04. The van der Waals surface area contributed by atoms with Gasteiger partial charge in [-0.25, -0.2) is 4.79 Å². The first-order valence-corrected chi connectivity index (χ1v) is 4.93. The van der Waals surface area contributed by atoms with Gasteiger partial charge >= 0.3 is 5.97 Å². The molecule has 0 aliphatic heterocycles. The second-order valence-corrected chi connectivity index (χ2v) is 3.23. The summed E-state index contributed by atoms with van der Waals surface area (Å²) in [5.41, 5.74) is 1.61. The number of benzene rings is 1. The van der Waals surface area contributed by atoms with Gasteiger partial charge in [0.2, 0.25) is 0 Å². The fourth-order valence-electron chi connectivity index (χ4n) is 1.14. The molecule has 0 atom stereocenters. The summed E-state index contributed by atoms with van der Waals surface area (Å²) in [6, 6.07) is 9.69. The molecule has 0 aliphatic carbocycles. The van der Waals surface area contributed by atoms with Gasteiger partial charge in [-0.15, -0.1) is 0 Å². The van der Waals surface area contributed by atoms with E-state index in [-0.39, 0.29) is 5.97 Å². The standard InChI is InChI=1S/C13H15O2/c1-3-9-15-13(14)11(2)10-12-7-5-4-6-8-12/h4-8,10H,1,3,9H2,2H3. The highest BCUT2D eigenvalue weighted by atomic mass is 16.5. The Morgan fingerprint density at radius 3 is 2.67 bits per heavy atom. The zero-order valence-electron chi connectivity index (χ0n) is 8.90.